The van der Waals surface area contributed by atoms with Gasteiger partial charge in [0.2, 0.25) is 27.7 Å². The number of carbonyl (C=O) groups excluding carboxylic acids is 3. The van der Waals surface area contributed by atoms with Crippen molar-refractivity contribution in [3.05, 3.63) is 70.3 Å². The monoisotopic (exact) mass is 653 g/mol. The quantitative estimate of drug-likeness (QED) is 0.0815. The van der Waals surface area contributed by atoms with Crippen molar-refractivity contribution in [3.63, 3.8) is 0 Å². The third kappa shape index (κ3) is 13.4. The Balaban J connectivity index is 2.22. The second-order valence-electron chi connectivity index (χ2n) is 10.3. The van der Waals surface area contributed by atoms with E-state index in [0.29, 0.717) is 17.7 Å². The number of carbonyl (C=O) groups is 3. The molecule has 43 heavy (non-hydrogen) atoms. The molecule has 0 radical (unpaired) electrons. The maximum atomic E-state index is 13.6. The highest BCUT2D eigenvalue weighted by Crippen LogP contribution is 2.40. The van der Waals surface area contributed by atoms with Crippen LogP contribution in [-0.2, 0) is 30.8 Å². The zero-order valence-electron chi connectivity index (χ0n) is 24.6. The SMILES string of the molecule is CNC(=O)[C@H](Cc1ccccc1)NC(=O)C(CC(C)C)NC(=O)C(CCCNS(C)(=O)=O)SSc1ccccc1[N+](=O)[O-]. The minimum Gasteiger partial charge on any atom is -0.357 e. The third-order valence-electron chi connectivity index (χ3n) is 6.12. The van der Waals surface area contributed by atoms with Crippen LogP contribution in [0.3, 0.4) is 0 Å². The Bertz CT molecular complexity index is 1340. The molecule has 0 bridgehead atoms. The molecule has 236 valence electrons. The predicted octanol–water partition coefficient (Wildman–Crippen LogP) is 3.04. The number of nitrogens with zero attached hydrogens (tertiary/aromatic N) is 1. The number of rotatable bonds is 18. The van der Waals surface area contributed by atoms with Gasteiger partial charge in [0.1, 0.15) is 12.1 Å². The van der Waals surface area contributed by atoms with E-state index in [-0.39, 0.29) is 36.9 Å². The predicted molar refractivity (Wildman–Crippen MR) is 170 cm³/mol. The molecule has 2 rings (SSSR count). The summed E-state index contributed by atoms with van der Waals surface area (Å²) in [5.41, 5.74) is 0.751. The van der Waals surface area contributed by atoms with E-state index in [9.17, 15) is 32.9 Å². The van der Waals surface area contributed by atoms with E-state index in [2.05, 4.69) is 20.7 Å². The van der Waals surface area contributed by atoms with Crippen molar-refractivity contribution < 1.29 is 27.7 Å². The van der Waals surface area contributed by atoms with E-state index in [1.165, 1.54) is 13.1 Å². The molecule has 0 heterocycles. The molecule has 4 N–H and O–H groups in total. The number of amides is 3. The largest absolute Gasteiger partial charge is 0.357 e. The van der Waals surface area contributed by atoms with E-state index in [4.69, 9.17) is 0 Å². The van der Waals surface area contributed by atoms with Gasteiger partial charge < -0.3 is 16.0 Å². The number of nitro groups is 1. The molecule has 2 aromatic carbocycles. The van der Waals surface area contributed by atoms with Gasteiger partial charge in [-0.3, -0.25) is 24.5 Å². The molecule has 3 amide bonds. The lowest BCUT2D eigenvalue weighted by molar-refractivity contribution is -0.387. The Hall–Kier alpha value is -3.14. The van der Waals surface area contributed by atoms with E-state index in [1.54, 1.807) is 18.2 Å². The molecule has 0 aromatic heterocycles. The Labute approximate surface area is 260 Å². The van der Waals surface area contributed by atoms with Gasteiger partial charge in [-0.25, -0.2) is 13.1 Å². The minimum absolute atomic E-state index is 0.0232. The normalized spacial score (nSPS) is 13.5. The van der Waals surface area contributed by atoms with Crippen LogP contribution in [0.15, 0.2) is 59.5 Å². The summed E-state index contributed by atoms with van der Waals surface area (Å²) in [5.74, 6) is -1.34. The topological polar surface area (TPSA) is 177 Å². The van der Waals surface area contributed by atoms with Gasteiger partial charge in [0.05, 0.1) is 21.3 Å². The summed E-state index contributed by atoms with van der Waals surface area (Å²) in [4.78, 5) is 51.0. The van der Waals surface area contributed by atoms with E-state index in [0.717, 1.165) is 33.4 Å². The van der Waals surface area contributed by atoms with Crippen LogP contribution in [0.4, 0.5) is 5.69 Å². The van der Waals surface area contributed by atoms with Gasteiger partial charge in [-0.15, -0.1) is 0 Å². The van der Waals surface area contributed by atoms with Crippen molar-refractivity contribution in [3.8, 4) is 0 Å². The summed E-state index contributed by atoms with van der Waals surface area (Å²) in [6, 6.07) is 13.6. The van der Waals surface area contributed by atoms with Gasteiger partial charge in [0.15, 0.2) is 0 Å². The molecular formula is C28H39N5O7S3. The van der Waals surface area contributed by atoms with Crippen molar-refractivity contribution in [2.24, 2.45) is 5.92 Å². The standard InChI is InChI=1S/C28H39N5O7S3/c1-19(2)17-21(27(35)31-22(26(34)29-3)18-20-11-6-5-7-12-20)32-28(36)25(15-10-16-30-43(4,39)40)42-41-24-14-9-8-13-23(24)33(37)38/h5-9,11-14,19,21-22,25,30H,10,15-18H2,1-4H3,(H,29,34)(H,31,35)(H,32,36)/t21?,22-,25?/m0/s1. The summed E-state index contributed by atoms with van der Waals surface area (Å²) in [7, 11) is 0.220. The Morgan fingerprint density at radius 3 is 2.16 bits per heavy atom. The van der Waals surface area contributed by atoms with Gasteiger partial charge in [0, 0.05) is 26.1 Å². The Morgan fingerprint density at radius 1 is 0.930 bits per heavy atom. The highest BCUT2D eigenvalue weighted by molar-refractivity contribution is 8.77. The van der Waals surface area contributed by atoms with Crippen molar-refractivity contribution in [1.29, 1.82) is 0 Å². The highest BCUT2D eigenvalue weighted by atomic mass is 33.1. The van der Waals surface area contributed by atoms with Crippen LogP contribution < -0.4 is 20.7 Å². The fourth-order valence-electron chi connectivity index (χ4n) is 4.03. The molecule has 0 fully saturated rings. The average molecular weight is 654 g/mol. The Kier molecular flexibility index (Phi) is 15.0. The van der Waals surface area contributed by atoms with E-state index >= 15 is 0 Å². The van der Waals surface area contributed by atoms with Crippen LogP contribution in [0.2, 0.25) is 0 Å². The van der Waals surface area contributed by atoms with E-state index in [1.807, 2.05) is 44.2 Å². The number of likely N-dealkylation sites (N-methyl/N-ethyl adjacent to an activating group) is 1. The average Bonchev–Trinajstić information content (AvgIpc) is 2.95. The number of para-hydroxylation sites is 1. The van der Waals surface area contributed by atoms with Gasteiger partial charge >= 0.3 is 0 Å². The first-order valence-electron chi connectivity index (χ1n) is 13.7. The fourth-order valence-corrected chi connectivity index (χ4v) is 7.18. The van der Waals surface area contributed by atoms with Gasteiger partial charge in [-0.05, 0) is 47.6 Å². The summed E-state index contributed by atoms with van der Waals surface area (Å²) in [6.07, 6.45) is 2.14. The number of benzene rings is 2. The van der Waals surface area contributed by atoms with Gasteiger partial charge in [-0.2, -0.15) is 0 Å². The number of nitro benzene ring substituents is 1. The summed E-state index contributed by atoms with van der Waals surface area (Å²) >= 11 is 0. The van der Waals surface area contributed by atoms with Crippen molar-refractivity contribution in [2.75, 3.05) is 19.8 Å². The molecule has 0 saturated heterocycles. The van der Waals surface area contributed by atoms with Crippen LogP contribution in [0.1, 0.15) is 38.7 Å². The lowest BCUT2D eigenvalue weighted by Gasteiger charge is -2.25. The van der Waals surface area contributed by atoms with E-state index < -0.39 is 44.1 Å². The van der Waals surface area contributed by atoms with Crippen LogP contribution in [0.25, 0.3) is 0 Å². The fraction of sp³-hybridized carbons (Fsp3) is 0.464. The molecule has 15 heteroatoms. The van der Waals surface area contributed by atoms with Gasteiger partial charge in [-0.1, -0.05) is 67.1 Å². The molecule has 0 aliphatic heterocycles. The molecule has 0 aliphatic rings. The van der Waals surface area contributed by atoms with Crippen LogP contribution >= 0.6 is 21.6 Å². The van der Waals surface area contributed by atoms with Crippen LogP contribution in [0, 0.1) is 16.0 Å². The number of nitrogens with one attached hydrogen (secondary N) is 4. The molecule has 2 unspecified atom stereocenters. The molecule has 2 aromatic rings. The molecule has 12 nitrogen and oxygen atoms in total. The van der Waals surface area contributed by atoms with Crippen molar-refractivity contribution >= 4 is 55.0 Å². The molecule has 3 atom stereocenters. The first-order chi connectivity index (χ1) is 20.3. The number of sulfonamides is 1. The summed E-state index contributed by atoms with van der Waals surface area (Å²) in [6.45, 7) is 3.91. The lowest BCUT2D eigenvalue weighted by atomic mass is 10.0. The van der Waals surface area contributed by atoms with Crippen molar-refractivity contribution in [2.45, 2.75) is 61.8 Å². The highest BCUT2D eigenvalue weighted by Gasteiger charge is 2.30. The summed E-state index contributed by atoms with van der Waals surface area (Å²) < 4.78 is 25.4. The minimum atomic E-state index is -3.42. The molecule has 0 aliphatic carbocycles. The zero-order valence-corrected chi connectivity index (χ0v) is 27.0. The first-order valence-corrected chi connectivity index (χ1v) is 17.8. The molecule has 0 spiro atoms. The maximum absolute atomic E-state index is 13.6. The smallest absolute Gasteiger partial charge is 0.283 e. The van der Waals surface area contributed by atoms with Gasteiger partial charge in [0.25, 0.3) is 5.69 Å². The maximum Gasteiger partial charge on any atom is 0.283 e. The third-order valence-corrected chi connectivity index (χ3v) is 9.67. The molecule has 0 saturated carbocycles. The number of hydrogen-bond donors (Lipinski definition) is 4. The van der Waals surface area contributed by atoms with Crippen LogP contribution in [0.5, 0.6) is 0 Å². The number of hydrogen-bond acceptors (Lipinski definition) is 9. The second-order valence-corrected chi connectivity index (χ2v) is 14.5. The lowest BCUT2D eigenvalue weighted by Crippen LogP contribution is -2.55. The first kappa shape index (κ1) is 36.1. The van der Waals surface area contributed by atoms with Crippen LogP contribution in [-0.4, -0.2) is 68.2 Å². The zero-order chi connectivity index (χ0) is 32.0. The molecular weight excluding hydrogens is 615 g/mol. The van der Waals surface area contributed by atoms with Crippen molar-refractivity contribution in [1.82, 2.24) is 20.7 Å². The second kappa shape index (κ2) is 17.9. The Morgan fingerprint density at radius 2 is 1.56 bits per heavy atom. The summed E-state index contributed by atoms with van der Waals surface area (Å²) in [5, 5.41) is 18.9.